The van der Waals surface area contributed by atoms with Crippen molar-refractivity contribution < 1.29 is 19.4 Å². The van der Waals surface area contributed by atoms with Crippen molar-refractivity contribution in [2.24, 2.45) is 0 Å². The Morgan fingerprint density at radius 2 is 2.14 bits per heavy atom. The Morgan fingerprint density at radius 3 is 2.86 bits per heavy atom. The van der Waals surface area contributed by atoms with E-state index in [9.17, 15) is 14.3 Å². The smallest absolute Gasteiger partial charge is 0.256 e. The summed E-state index contributed by atoms with van der Waals surface area (Å²) in [6.45, 7) is 1.04. The largest absolute Gasteiger partial charge is 0.395 e. The lowest BCUT2D eigenvalue weighted by molar-refractivity contribution is -0.157. The van der Waals surface area contributed by atoms with Gasteiger partial charge in [0.25, 0.3) is 5.91 Å². The topological polar surface area (TPSA) is 72.8 Å². The normalized spacial score (nSPS) is 22.6. The summed E-state index contributed by atoms with van der Waals surface area (Å²) in [6, 6.07) is 6.33. The van der Waals surface area contributed by atoms with Crippen molar-refractivity contribution in [1.82, 2.24) is 10.2 Å². The summed E-state index contributed by atoms with van der Waals surface area (Å²) in [4.78, 5) is 13.9. The van der Waals surface area contributed by atoms with Crippen LogP contribution in [0.1, 0.15) is 18.4 Å². The molecule has 0 unspecified atom stereocenters. The molecule has 0 aromatic heterocycles. The number of nitrogens with zero attached hydrogens (tertiary/aromatic N) is 1. The van der Waals surface area contributed by atoms with Crippen molar-refractivity contribution in [1.29, 1.82) is 0 Å². The molecular weight excluding hydrogens is 275 g/mol. The zero-order valence-electron chi connectivity index (χ0n) is 11.9. The summed E-state index contributed by atoms with van der Waals surface area (Å²) in [6.07, 6.45) is 1.04. The van der Waals surface area contributed by atoms with Gasteiger partial charge < -0.3 is 20.4 Å². The van der Waals surface area contributed by atoms with Gasteiger partial charge in [-0.05, 0) is 18.9 Å². The molecule has 3 N–H and O–H groups in total. The van der Waals surface area contributed by atoms with Gasteiger partial charge in [0.2, 0.25) is 0 Å². The third kappa shape index (κ3) is 3.78. The molecule has 116 valence electrons. The third-order valence-electron chi connectivity index (χ3n) is 3.73. The van der Waals surface area contributed by atoms with Crippen molar-refractivity contribution >= 4 is 5.91 Å². The molecule has 1 atom stereocenters. The van der Waals surface area contributed by atoms with Gasteiger partial charge in [0.1, 0.15) is 5.82 Å². The molecular formula is C15H21FN2O3. The highest BCUT2D eigenvalue weighted by molar-refractivity contribution is 5.86. The Balaban J connectivity index is 2.04. The molecule has 1 aliphatic rings. The van der Waals surface area contributed by atoms with E-state index in [1.165, 1.54) is 11.0 Å². The molecule has 1 aliphatic heterocycles. The predicted octanol–water partition coefficient (Wildman–Crippen LogP) is 0.261. The number of hydrogen-bond donors (Lipinski definition) is 3. The number of amides is 1. The maximum absolute atomic E-state index is 13.7. The lowest BCUT2D eigenvalue weighted by atomic mass is 9.91. The van der Waals surface area contributed by atoms with Crippen LogP contribution in [0.15, 0.2) is 24.3 Å². The molecule has 2 rings (SSSR count). The number of halogens is 1. The lowest BCUT2D eigenvalue weighted by Crippen LogP contribution is -2.57. The molecule has 5 nitrogen and oxygen atoms in total. The van der Waals surface area contributed by atoms with Crippen LogP contribution in [0.25, 0.3) is 0 Å². The quantitative estimate of drug-likeness (QED) is 0.659. The Labute approximate surface area is 123 Å². The van der Waals surface area contributed by atoms with Gasteiger partial charge >= 0.3 is 0 Å². The number of nitrogens with one attached hydrogen (secondary N) is 1. The van der Waals surface area contributed by atoms with E-state index in [4.69, 9.17) is 5.11 Å². The first-order valence-corrected chi connectivity index (χ1v) is 7.13. The number of aliphatic hydroxyl groups is 2. The van der Waals surface area contributed by atoms with Crippen LogP contribution in [0.3, 0.4) is 0 Å². The van der Waals surface area contributed by atoms with E-state index in [2.05, 4.69) is 5.32 Å². The molecule has 1 heterocycles. The zero-order chi connectivity index (χ0) is 15.3. The summed E-state index contributed by atoms with van der Waals surface area (Å²) in [5.41, 5.74) is -1.03. The minimum Gasteiger partial charge on any atom is -0.395 e. The Kier molecular flexibility index (Phi) is 5.27. The molecule has 1 aromatic rings. The number of piperidine rings is 1. The minimum atomic E-state index is -1.47. The highest BCUT2D eigenvalue weighted by Gasteiger charge is 2.41. The van der Waals surface area contributed by atoms with E-state index in [0.717, 1.165) is 0 Å². The fourth-order valence-electron chi connectivity index (χ4n) is 2.59. The van der Waals surface area contributed by atoms with Crippen LogP contribution >= 0.6 is 0 Å². The Morgan fingerprint density at radius 1 is 1.38 bits per heavy atom. The van der Waals surface area contributed by atoms with Crippen molar-refractivity contribution in [2.75, 3.05) is 26.2 Å². The Hall–Kier alpha value is -1.50. The highest BCUT2D eigenvalue weighted by atomic mass is 19.1. The Bertz CT molecular complexity index is 498. The molecule has 1 fully saturated rings. The van der Waals surface area contributed by atoms with Gasteiger partial charge in [-0.15, -0.1) is 0 Å². The van der Waals surface area contributed by atoms with E-state index in [1.54, 1.807) is 18.2 Å². The van der Waals surface area contributed by atoms with Crippen LogP contribution in [0.4, 0.5) is 4.39 Å². The van der Waals surface area contributed by atoms with Gasteiger partial charge in [-0.1, -0.05) is 18.2 Å². The van der Waals surface area contributed by atoms with Gasteiger partial charge in [0.15, 0.2) is 5.60 Å². The summed E-state index contributed by atoms with van der Waals surface area (Å²) in [5, 5.41) is 22.0. The molecule has 0 saturated carbocycles. The summed E-state index contributed by atoms with van der Waals surface area (Å²) in [7, 11) is 0. The standard InChI is InChI=1S/C15H21FN2O3/c16-13-5-2-1-4-12(13)10-18-8-3-6-15(21,14(18)20)11-17-7-9-19/h1-2,4-5,17,19,21H,3,6-11H2/t15-/m0/s1. The maximum Gasteiger partial charge on any atom is 0.256 e. The van der Waals surface area contributed by atoms with E-state index in [0.29, 0.717) is 31.5 Å². The predicted molar refractivity (Wildman–Crippen MR) is 76.0 cm³/mol. The molecule has 1 saturated heterocycles. The fourth-order valence-corrected chi connectivity index (χ4v) is 2.59. The second-order valence-corrected chi connectivity index (χ2v) is 5.35. The molecule has 0 spiro atoms. The van der Waals surface area contributed by atoms with Crippen LogP contribution in [0.5, 0.6) is 0 Å². The second-order valence-electron chi connectivity index (χ2n) is 5.35. The average molecular weight is 296 g/mol. The van der Waals surface area contributed by atoms with Crippen molar-refractivity contribution in [3.63, 3.8) is 0 Å². The van der Waals surface area contributed by atoms with Crippen LogP contribution < -0.4 is 5.32 Å². The second kappa shape index (κ2) is 6.98. The van der Waals surface area contributed by atoms with E-state index in [1.807, 2.05) is 0 Å². The molecule has 1 amide bonds. The van der Waals surface area contributed by atoms with Crippen LogP contribution in [0, 0.1) is 5.82 Å². The number of hydrogen-bond acceptors (Lipinski definition) is 4. The molecule has 1 aromatic carbocycles. The molecule has 0 radical (unpaired) electrons. The van der Waals surface area contributed by atoms with Crippen molar-refractivity contribution in [3.05, 3.63) is 35.6 Å². The van der Waals surface area contributed by atoms with Crippen LogP contribution in [-0.2, 0) is 11.3 Å². The molecule has 6 heteroatoms. The first-order chi connectivity index (χ1) is 10.1. The SMILES string of the molecule is O=C1N(Cc2ccccc2F)CCC[C@]1(O)CNCCO. The number of carbonyl (C=O) groups excluding carboxylic acids is 1. The third-order valence-corrected chi connectivity index (χ3v) is 3.73. The number of rotatable bonds is 6. The number of benzene rings is 1. The summed E-state index contributed by atoms with van der Waals surface area (Å²) < 4.78 is 13.7. The number of aliphatic hydroxyl groups excluding tert-OH is 1. The number of carbonyl (C=O) groups is 1. The first-order valence-electron chi connectivity index (χ1n) is 7.13. The zero-order valence-corrected chi connectivity index (χ0v) is 11.9. The summed E-state index contributed by atoms with van der Waals surface area (Å²) >= 11 is 0. The van der Waals surface area contributed by atoms with Gasteiger partial charge in [-0.3, -0.25) is 4.79 Å². The van der Waals surface area contributed by atoms with Crippen molar-refractivity contribution in [2.45, 2.75) is 25.0 Å². The number of likely N-dealkylation sites (tertiary alicyclic amines) is 1. The fraction of sp³-hybridized carbons (Fsp3) is 0.533. The van der Waals surface area contributed by atoms with Gasteiger partial charge in [-0.2, -0.15) is 0 Å². The van der Waals surface area contributed by atoms with Crippen LogP contribution in [0.2, 0.25) is 0 Å². The van der Waals surface area contributed by atoms with E-state index >= 15 is 0 Å². The van der Waals surface area contributed by atoms with Gasteiger partial charge in [0.05, 0.1) is 6.61 Å². The summed E-state index contributed by atoms with van der Waals surface area (Å²) in [5.74, 6) is -0.736. The maximum atomic E-state index is 13.7. The minimum absolute atomic E-state index is 0.0524. The molecule has 21 heavy (non-hydrogen) atoms. The first kappa shape index (κ1) is 15.9. The van der Waals surface area contributed by atoms with E-state index < -0.39 is 5.60 Å². The van der Waals surface area contributed by atoms with E-state index in [-0.39, 0.29) is 31.4 Å². The molecule has 0 bridgehead atoms. The average Bonchev–Trinajstić information content (AvgIpc) is 2.47. The highest BCUT2D eigenvalue weighted by Crippen LogP contribution is 2.24. The van der Waals surface area contributed by atoms with Crippen LogP contribution in [-0.4, -0.2) is 52.9 Å². The van der Waals surface area contributed by atoms with Gasteiger partial charge in [0, 0.05) is 31.7 Å². The van der Waals surface area contributed by atoms with Crippen molar-refractivity contribution in [3.8, 4) is 0 Å². The molecule has 0 aliphatic carbocycles. The van der Waals surface area contributed by atoms with Gasteiger partial charge in [-0.25, -0.2) is 4.39 Å². The monoisotopic (exact) mass is 296 g/mol. The lowest BCUT2D eigenvalue weighted by Gasteiger charge is -2.38.